The van der Waals surface area contributed by atoms with Crippen LogP contribution in [0.3, 0.4) is 0 Å². The average Bonchev–Trinajstić information content (AvgIpc) is 2.44. The highest BCUT2D eigenvalue weighted by Crippen LogP contribution is 2.15. The van der Waals surface area contributed by atoms with Gasteiger partial charge in [0.05, 0.1) is 0 Å². The maximum atomic E-state index is 6.00. The van der Waals surface area contributed by atoms with E-state index in [1.165, 1.54) is 18.4 Å². The van der Waals surface area contributed by atoms with Crippen molar-refractivity contribution in [3.8, 4) is 0 Å². The first-order valence-corrected chi connectivity index (χ1v) is 7.77. The Morgan fingerprint density at radius 3 is 2.95 bits per heavy atom. The first-order valence-electron chi connectivity index (χ1n) is 7.39. The molecule has 1 heterocycles. The molecule has 0 saturated carbocycles. The molecule has 3 nitrogen and oxygen atoms in total. The zero-order valence-electron chi connectivity index (χ0n) is 12.8. The molecule has 1 aromatic rings. The Hall–Kier alpha value is -0.490. The predicted molar refractivity (Wildman–Crippen MR) is 102 cm³/mol. The summed E-state index contributed by atoms with van der Waals surface area (Å²) in [6.07, 6.45) is 3.55. The minimum Gasteiger partial charge on any atom is -0.356 e. The largest absolute Gasteiger partial charge is 0.356 e. The van der Waals surface area contributed by atoms with E-state index in [2.05, 4.69) is 28.2 Å². The lowest BCUT2D eigenvalue weighted by Crippen LogP contribution is -2.46. The van der Waals surface area contributed by atoms with Crippen LogP contribution in [0.15, 0.2) is 29.3 Å². The van der Waals surface area contributed by atoms with E-state index >= 15 is 0 Å². The van der Waals surface area contributed by atoms with E-state index in [0.717, 1.165) is 43.0 Å². The Balaban J connectivity index is 0.00000220. The summed E-state index contributed by atoms with van der Waals surface area (Å²) in [7, 11) is 1.86. The fourth-order valence-electron chi connectivity index (χ4n) is 2.73. The lowest BCUT2D eigenvalue weighted by Gasteiger charge is -2.33. The minimum atomic E-state index is 0. The quantitative estimate of drug-likeness (QED) is 0.457. The van der Waals surface area contributed by atoms with Gasteiger partial charge in [0.1, 0.15) is 0 Å². The van der Waals surface area contributed by atoms with E-state index in [-0.39, 0.29) is 24.0 Å². The number of hydrogen-bond donors (Lipinski definition) is 1. The van der Waals surface area contributed by atoms with Crippen molar-refractivity contribution >= 4 is 41.5 Å². The van der Waals surface area contributed by atoms with E-state index in [9.17, 15) is 0 Å². The van der Waals surface area contributed by atoms with Crippen LogP contribution < -0.4 is 5.32 Å². The number of piperidine rings is 1. The van der Waals surface area contributed by atoms with Gasteiger partial charge in [0.2, 0.25) is 0 Å². The topological polar surface area (TPSA) is 27.6 Å². The number of guanidine groups is 1. The molecule has 1 aromatic carbocycles. The highest BCUT2D eigenvalue weighted by Gasteiger charge is 2.18. The van der Waals surface area contributed by atoms with Crippen molar-refractivity contribution in [2.45, 2.75) is 26.2 Å². The van der Waals surface area contributed by atoms with E-state index in [4.69, 9.17) is 11.6 Å². The Morgan fingerprint density at radius 1 is 1.48 bits per heavy atom. The molecular formula is C16H25ClIN3. The van der Waals surface area contributed by atoms with Gasteiger partial charge in [-0.15, -0.1) is 24.0 Å². The zero-order valence-corrected chi connectivity index (χ0v) is 15.9. The Labute approximate surface area is 150 Å². The Kier molecular flexibility index (Phi) is 8.41. The third-order valence-electron chi connectivity index (χ3n) is 3.75. The van der Waals surface area contributed by atoms with Crippen molar-refractivity contribution in [2.75, 3.05) is 26.7 Å². The number of nitrogens with one attached hydrogen (secondary N) is 1. The molecule has 0 radical (unpaired) electrons. The van der Waals surface area contributed by atoms with Gasteiger partial charge in [0.15, 0.2) is 5.96 Å². The molecule has 0 bridgehead atoms. The second kappa shape index (κ2) is 9.51. The van der Waals surface area contributed by atoms with Gasteiger partial charge in [0.25, 0.3) is 0 Å². The van der Waals surface area contributed by atoms with Gasteiger partial charge in [-0.3, -0.25) is 4.99 Å². The van der Waals surface area contributed by atoms with Crippen LogP contribution in [-0.2, 0) is 6.42 Å². The predicted octanol–water partition coefficient (Wildman–Crippen LogP) is 3.81. The van der Waals surface area contributed by atoms with Crippen molar-refractivity contribution in [3.63, 3.8) is 0 Å². The number of likely N-dealkylation sites (tertiary alicyclic amines) is 1. The van der Waals surface area contributed by atoms with Crippen LogP contribution in [0.25, 0.3) is 0 Å². The molecule has 1 aliphatic heterocycles. The van der Waals surface area contributed by atoms with Gasteiger partial charge in [-0.25, -0.2) is 0 Å². The molecule has 0 amide bonds. The first-order chi connectivity index (χ1) is 9.69. The van der Waals surface area contributed by atoms with Gasteiger partial charge in [-0.05, 0) is 42.9 Å². The number of nitrogens with zero attached hydrogens (tertiary/aromatic N) is 2. The summed E-state index contributed by atoms with van der Waals surface area (Å²) in [6, 6.07) is 8.04. The molecule has 0 spiro atoms. The molecule has 118 valence electrons. The molecule has 21 heavy (non-hydrogen) atoms. The number of halogens is 2. The van der Waals surface area contributed by atoms with Crippen molar-refractivity contribution < 1.29 is 0 Å². The van der Waals surface area contributed by atoms with Crippen LogP contribution in [0, 0.1) is 5.92 Å². The smallest absolute Gasteiger partial charge is 0.193 e. The van der Waals surface area contributed by atoms with Crippen molar-refractivity contribution in [1.82, 2.24) is 10.2 Å². The van der Waals surface area contributed by atoms with E-state index in [0.29, 0.717) is 0 Å². The second-order valence-corrected chi connectivity index (χ2v) is 5.98. The number of hydrogen-bond acceptors (Lipinski definition) is 1. The molecule has 5 heteroatoms. The van der Waals surface area contributed by atoms with Crippen LogP contribution in [0.1, 0.15) is 25.3 Å². The number of rotatable bonds is 3. The third-order valence-corrected chi connectivity index (χ3v) is 3.99. The average molecular weight is 422 g/mol. The van der Waals surface area contributed by atoms with Crippen LogP contribution in [0.5, 0.6) is 0 Å². The van der Waals surface area contributed by atoms with Gasteiger partial charge >= 0.3 is 0 Å². The standard InChI is InChI=1S/C16H24ClN3.HI/c1-13-5-4-10-20(12-13)16(18-2)19-9-8-14-6-3-7-15(17)11-14;/h3,6-7,11,13H,4-5,8-10,12H2,1-2H3,(H,18,19);1H. The molecule has 1 atom stereocenters. The minimum absolute atomic E-state index is 0. The van der Waals surface area contributed by atoms with E-state index < -0.39 is 0 Å². The Morgan fingerprint density at radius 2 is 2.29 bits per heavy atom. The monoisotopic (exact) mass is 421 g/mol. The Bertz CT molecular complexity index is 465. The third kappa shape index (κ3) is 6.02. The molecule has 1 unspecified atom stereocenters. The lowest BCUT2D eigenvalue weighted by atomic mass is 10.0. The molecule has 1 N–H and O–H groups in total. The van der Waals surface area contributed by atoms with Crippen LogP contribution in [-0.4, -0.2) is 37.5 Å². The SMILES string of the molecule is CN=C(NCCc1cccc(Cl)c1)N1CCCC(C)C1.I. The van der Waals surface area contributed by atoms with Gasteiger partial charge in [-0.2, -0.15) is 0 Å². The number of benzene rings is 1. The summed E-state index contributed by atoms with van der Waals surface area (Å²) >= 11 is 6.00. The first kappa shape index (κ1) is 18.6. The van der Waals surface area contributed by atoms with Gasteiger partial charge in [0, 0.05) is 31.7 Å². The molecule has 0 aromatic heterocycles. The van der Waals surface area contributed by atoms with Crippen molar-refractivity contribution in [2.24, 2.45) is 10.9 Å². The van der Waals surface area contributed by atoms with Crippen molar-refractivity contribution in [3.05, 3.63) is 34.9 Å². The highest BCUT2D eigenvalue weighted by atomic mass is 127. The summed E-state index contributed by atoms with van der Waals surface area (Å²) in [4.78, 5) is 6.77. The molecule has 1 saturated heterocycles. The summed E-state index contributed by atoms with van der Waals surface area (Å²) in [5.74, 6) is 1.79. The molecule has 1 aliphatic rings. The van der Waals surface area contributed by atoms with Gasteiger partial charge in [-0.1, -0.05) is 30.7 Å². The van der Waals surface area contributed by atoms with E-state index in [1.807, 2.05) is 25.2 Å². The zero-order chi connectivity index (χ0) is 14.4. The second-order valence-electron chi connectivity index (χ2n) is 5.55. The fraction of sp³-hybridized carbons (Fsp3) is 0.562. The van der Waals surface area contributed by atoms with Crippen LogP contribution in [0.4, 0.5) is 0 Å². The van der Waals surface area contributed by atoms with Crippen molar-refractivity contribution in [1.29, 1.82) is 0 Å². The maximum Gasteiger partial charge on any atom is 0.193 e. The lowest BCUT2D eigenvalue weighted by molar-refractivity contribution is 0.266. The molecule has 0 aliphatic carbocycles. The molecular weight excluding hydrogens is 397 g/mol. The van der Waals surface area contributed by atoms with Crippen LogP contribution >= 0.6 is 35.6 Å². The maximum absolute atomic E-state index is 6.00. The summed E-state index contributed by atoms with van der Waals surface area (Å²) in [5, 5.41) is 4.26. The molecule has 2 rings (SSSR count). The highest BCUT2D eigenvalue weighted by molar-refractivity contribution is 14.0. The number of aliphatic imine (C=N–C) groups is 1. The van der Waals surface area contributed by atoms with E-state index in [1.54, 1.807) is 0 Å². The fourth-order valence-corrected chi connectivity index (χ4v) is 2.94. The molecule has 1 fully saturated rings. The normalized spacial score (nSPS) is 19.1. The summed E-state index contributed by atoms with van der Waals surface area (Å²) in [6.45, 7) is 5.42. The van der Waals surface area contributed by atoms with Gasteiger partial charge < -0.3 is 10.2 Å². The van der Waals surface area contributed by atoms with Crippen LogP contribution in [0.2, 0.25) is 5.02 Å². The summed E-state index contributed by atoms with van der Waals surface area (Å²) < 4.78 is 0. The summed E-state index contributed by atoms with van der Waals surface area (Å²) in [5.41, 5.74) is 1.26.